The molecule has 1 aliphatic carbocycles. The smallest absolute Gasteiger partial charge is 0.0292 e. The van der Waals surface area contributed by atoms with Crippen molar-refractivity contribution in [2.75, 3.05) is 6.54 Å². The highest BCUT2D eigenvalue weighted by molar-refractivity contribution is 5.24. The zero-order valence-electron chi connectivity index (χ0n) is 14.6. The molecule has 0 radical (unpaired) electrons. The normalized spacial score (nSPS) is 24.8. The molecule has 1 atom stereocenters. The van der Waals surface area contributed by atoms with E-state index in [1.807, 2.05) is 0 Å². The first-order chi connectivity index (χ1) is 9.86. The number of rotatable bonds is 4. The van der Waals surface area contributed by atoms with Gasteiger partial charge in [-0.2, -0.15) is 0 Å². The highest BCUT2D eigenvalue weighted by Crippen LogP contribution is 2.39. The van der Waals surface area contributed by atoms with Crippen molar-refractivity contribution in [1.82, 2.24) is 5.32 Å². The Kier molecular flexibility index (Phi) is 5.48. The minimum absolute atomic E-state index is 0.463. The van der Waals surface area contributed by atoms with E-state index in [0.717, 1.165) is 11.8 Å². The fraction of sp³-hybridized carbons (Fsp3) is 0.700. The summed E-state index contributed by atoms with van der Waals surface area (Å²) in [4.78, 5) is 0. The second-order valence-electron chi connectivity index (χ2n) is 8.13. The van der Waals surface area contributed by atoms with Gasteiger partial charge in [0, 0.05) is 6.04 Å². The third-order valence-electron chi connectivity index (χ3n) is 5.33. The summed E-state index contributed by atoms with van der Waals surface area (Å²) >= 11 is 0. The molecule has 1 aromatic carbocycles. The maximum absolute atomic E-state index is 3.75. The van der Waals surface area contributed by atoms with Crippen molar-refractivity contribution in [1.29, 1.82) is 0 Å². The Balaban J connectivity index is 1.77. The first-order valence-corrected chi connectivity index (χ1v) is 8.66. The molecule has 1 aromatic rings. The molecule has 1 saturated carbocycles. The van der Waals surface area contributed by atoms with Gasteiger partial charge in [0.05, 0.1) is 0 Å². The van der Waals surface area contributed by atoms with Gasteiger partial charge in [0.1, 0.15) is 0 Å². The van der Waals surface area contributed by atoms with Gasteiger partial charge in [-0.15, -0.1) is 0 Å². The van der Waals surface area contributed by atoms with Gasteiger partial charge in [0.2, 0.25) is 0 Å². The summed E-state index contributed by atoms with van der Waals surface area (Å²) in [6.45, 7) is 12.8. The van der Waals surface area contributed by atoms with Crippen molar-refractivity contribution in [3.05, 3.63) is 35.4 Å². The molecular formula is C20H33N. The number of aryl methyl sites for hydroxylation is 1. The van der Waals surface area contributed by atoms with Crippen molar-refractivity contribution < 1.29 is 0 Å². The summed E-state index contributed by atoms with van der Waals surface area (Å²) in [7, 11) is 0. The summed E-state index contributed by atoms with van der Waals surface area (Å²) in [5.41, 5.74) is 3.26. The van der Waals surface area contributed by atoms with Gasteiger partial charge in [0.15, 0.2) is 0 Å². The molecule has 1 fully saturated rings. The van der Waals surface area contributed by atoms with E-state index in [2.05, 4.69) is 64.2 Å². The lowest BCUT2D eigenvalue weighted by Crippen LogP contribution is -2.31. The topological polar surface area (TPSA) is 12.0 Å². The highest BCUT2D eigenvalue weighted by atomic mass is 14.9. The molecule has 0 aliphatic heterocycles. The van der Waals surface area contributed by atoms with Crippen LogP contribution in [0.4, 0.5) is 0 Å². The summed E-state index contributed by atoms with van der Waals surface area (Å²) in [6, 6.07) is 9.33. The van der Waals surface area contributed by atoms with E-state index in [4.69, 9.17) is 0 Å². The van der Waals surface area contributed by atoms with Crippen LogP contribution >= 0.6 is 0 Å². The maximum Gasteiger partial charge on any atom is 0.0292 e. The third kappa shape index (κ3) is 4.85. The highest BCUT2D eigenvalue weighted by Gasteiger charge is 2.29. The Morgan fingerprint density at radius 1 is 1.14 bits per heavy atom. The summed E-state index contributed by atoms with van der Waals surface area (Å²) in [5.74, 6) is 1.79. The fourth-order valence-electron chi connectivity index (χ4n) is 3.63. The second-order valence-corrected chi connectivity index (χ2v) is 8.13. The van der Waals surface area contributed by atoms with Gasteiger partial charge in [0.25, 0.3) is 0 Å². The molecule has 1 heteroatoms. The maximum atomic E-state index is 3.75. The third-order valence-corrected chi connectivity index (χ3v) is 5.33. The van der Waals surface area contributed by atoms with Crippen LogP contribution in [-0.2, 0) is 0 Å². The van der Waals surface area contributed by atoms with Crippen LogP contribution in [0.5, 0.6) is 0 Å². The van der Waals surface area contributed by atoms with E-state index in [9.17, 15) is 0 Å². The van der Waals surface area contributed by atoms with Crippen LogP contribution in [0.25, 0.3) is 0 Å². The van der Waals surface area contributed by atoms with Gasteiger partial charge in [-0.1, -0.05) is 50.6 Å². The van der Waals surface area contributed by atoms with Crippen molar-refractivity contribution >= 4 is 0 Å². The standard InChI is InChI=1S/C20H33N/c1-15-7-6-8-18(13-15)16(2)21-14-17-9-11-19(12-10-17)20(3,4)5/h6-8,13,16-17,19,21H,9-12,14H2,1-5H3/t16-,17?,19?/m1/s1. The first kappa shape index (κ1) is 16.5. The summed E-state index contributed by atoms with van der Waals surface area (Å²) in [5, 5.41) is 3.75. The molecule has 118 valence electrons. The van der Waals surface area contributed by atoms with Crippen LogP contribution in [0.3, 0.4) is 0 Å². The Morgan fingerprint density at radius 3 is 2.38 bits per heavy atom. The molecule has 0 spiro atoms. The quantitative estimate of drug-likeness (QED) is 0.771. The van der Waals surface area contributed by atoms with Crippen LogP contribution < -0.4 is 5.32 Å². The van der Waals surface area contributed by atoms with Gasteiger partial charge in [-0.05, 0) is 68.9 Å². The van der Waals surface area contributed by atoms with Gasteiger partial charge >= 0.3 is 0 Å². The first-order valence-electron chi connectivity index (χ1n) is 8.66. The molecule has 2 rings (SSSR count). The van der Waals surface area contributed by atoms with Crippen LogP contribution in [0.2, 0.25) is 0 Å². The Bertz CT molecular complexity index is 435. The van der Waals surface area contributed by atoms with Gasteiger partial charge in [-0.3, -0.25) is 0 Å². The van der Waals surface area contributed by atoms with Gasteiger partial charge < -0.3 is 5.32 Å². The molecule has 1 nitrogen and oxygen atoms in total. The molecule has 0 bridgehead atoms. The average Bonchev–Trinajstić information content (AvgIpc) is 2.44. The van der Waals surface area contributed by atoms with E-state index < -0.39 is 0 Å². The molecule has 0 aromatic heterocycles. The van der Waals surface area contributed by atoms with E-state index in [1.165, 1.54) is 43.4 Å². The Labute approximate surface area is 131 Å². The fourth-order valence-corrected chi connectivity index (χ4v) is 3.63. The summed E-state index contributed by atoms with van der Waals surface area (Å²) < 4.78 is 0. The lowest BCUT2D eigenvalue weighted by Gasteiger charge is -2.37. The van der Waals surface area contributed by atoms with Crippen molar-refractivity contribution in [3.63, 3.8) is 0 Å². The molecule has 0 unspecified atom stereocenters. The number of hydrogen-bond acceptors (Lipinski definition) is 1. The zero-order valence-corrected chi connectivity index (χ0v) is 14.6. The largest absolute Gasteiger partial charge is 0.310 e. The van der Waals surface area contributed by atoms with Crippen LogP contribution in [0.1, 0.15) is 70.5 Å². The zero-order chi connectivity index (χ0) is 15.5. The van der Waals surface area contributed by atoms with E-state index in [0.29, 0.717) is 11.5 Å². The molecule has 0 amide bonds. The molecule has 0 saturated heterocycles. The Morgan fingerprint density at radius 2 is 1.81 bits per heavy atom. The van der Waals surface area contributed by atoms with Gasteiger partial charge in [-0.25, -0.2) is 0 Å². The second kappa shape index (κ2) is 6.96. The van der Waals surface area contributed by atoms with E-state index in [-0.39, 0.29) is 0 Å². The van der Waals surface area contributed by atoms with Crippen LogP contribution in [-0.4, -0.2) is 6.54 Å². The van der Waals surface area contributed by atoms with Crippen LogP contribution in [0, 0.1) is 24.2 Å². The van der Waals surface area contributed by atoms with E-state index in [1.54, 1.807) is 0 Å². The van der Waals surface area contributed by atoms with Crippen molar-refractivity contribution in [2.45, 2.75) is 66.3 Å². The average molecular weight is 287 g/mol. The summed E-state index contributed by atoms with van der Waals surface area (Å²) in [6.07, 6.45) is 5.62. The predicted molar refractivity (Wildman–Crippen MR) is 92.5 cm³/mol. The molecule has 21 heavy (non-hydrogen) atoms. The Hall–Kier alpha value is -0.820. The molecule has 1 aliphatic rings. The minimum Gasteiger partial charge on any atom is -0.310 e. The monoisotopic (exact) mass is 287 g/mol. The number of nitrogens with one attached hydrogen (secondary N) is 1. The lowest BCUT2D eigenvalue weighted by molar-refractivity contribution is 0.148. The molecule has 1 N–H and O–H groups in total. The van der Waals surface area contributed by atoms with Crippen molar-refractivity contribution in [3.8, 4) is 0 Å². The van der Waals surface area contributed by atoms with Crippen molar-refractivity contribution in [2.24, 2.45) is 17.3 Å². The lowest BCUT2D eigenvalue weighted by atomic mass is 9.70. The number of benzene rings is 1. The van der Waals surface area contributed by atoms with E-state index >= 15 is 0 Å². The van der Waals surface area contributed by atoms with Crippen LogP contribution in [0.15, 0.2) is 24.3 Å². The predicted octanol–water partition coefficient (Wildman–Crippen LogP) is 5.50. The molecule has 0 heterocycles. The molecular weight excluding hydrogens is 254 g/mol. The SMILES string of the molecule is Cc1cccc([C@@H](C)NCC2CCC(C(C)(C)C)CC2)c1. The number of hydrogen-bond donors (Lipinski definition) is 1. The minimum atomic E-state index is 0.463.